The molecule has 1 N–H and O–H groups in total. The summed E-state index contributed by atoms with van der Waals surface area (Å²) in [6, 6.07) is 3.57. The van der Waals surface area contributed by atoms with E-state index in [9.17, 15) is 4.79 Å². The van der Waals surface area contributed by atoms with Crippen LogP contribution in [0.4, 0.5) is 0 Å². The van der Waals surface area contributed by atoms with Gasteiger partial charge in [-0.05, 0) is 12.1 Å². The molecular weight excluding hydrogens is 216 g/mol. The van der Waals surface area contributed by atoms with Gasteiger partial charge in [-0.1, -0.05) is 20.8 Å². The number of carbonyl (C=O) groups is 1. The SMILES string of the molecule is CC(C)(C)SCc1ccc(C(=O)O)s1. The van der Waals surface area contributed by atoms with Crippen molar-refractivity contribution >= 4 is 29.1 Å². The van der Waals surface area contributed by atoms with Crippen LogP contribution in [-0.4, -0.2) is 15.8 Å². The highest BCUT2D eigenvalue weighted by Crippen LogP contribution is 2.29. The summed E-state index contributed by atoms with van der Waals surface area (Å²) in [7, 11) is 0. The standard InChI is InChI=1S/C10H14O2S2/c1-10(2,3)13-6-7-4-5-8(14-7)9(11)12/h4-5H,6H2,1-3H3,(H,11,12). The van der Waals surface area contributed by atoms with Crippen molar-refractivity contribution in [2.75, 3.05) is 0 Å². The van der Waals surface area contributed by atoms with Gasteiger partial charge in [0.1, 0.15) is 4.88 Å². The van der Waals surface area contributed by atoms with Crippen molar-refractivity contribution in [1.82, 2.24) is 0 Å². The Bertz CT molecular complexity index is 323. The molecule has 0 aliphatic rings. The van der Waals surface area contributed by atoms with Gasteiger partial charge in [0.25, 0.3) is 0 Å². The lowest BCUT2D eigenvalue weighted by atomic mass is 10.3. The van der Waals surface area contributed by atoms with Gasteiger partial charge in [-0.3, -0.25) is 0 Å². The molecule has 4 heteroatoms. The zero-order valence-corrected chi connectivity index (χ0v) is 10.2. The fourth-order valence-electron chi connectivity index (χ4n) is 0.858. The lowest BCUT2D eigenvalue weighted by Crippen LogP contribution is -2.06. The number of hydrogen-bond acceptors (Lipinski definition) is 3. The normalized spacial score (nSPS) is 11.6. The van der Waals surface area contributed by atoms with E-state index in [2.05, 4.69) is 20.8 Å². The largest absolute Gasteiger partial charge is 0.477 e. The highest BCUT2D eigenvalue weighted by atomic mass is 32.2. The van der Waals surface area contributed by atoms with Gasteiger partial charge in [0.15, 0.2) is 0 Å². The maximum absolute atomic E-state index is 10.6. The monoisotopic (exact) mass is 230 g/mol. The zero-order valence-electron chi connectivity index (χ0n) is 8.53. The number of hydrogen-bond donors (Lipinski definition) is 1. The summed E-state index contributed by atoms with van der Waals surface area (Å²) >= 11 is 3.19. The van der Waals surface area contributed by atoms with Gasteiger partial charge in [0, 0.05) is 15.4 Å². The summed E-state index contributed by atoms with van der Waals surface area (Å²) in [5, 5.41) is 8.73. The van der Waals surface area contributed by atoms with Crippen LogP contribution in [-0.2, 0) is 5.75 Å². The van der Waals surface area contributed by atoms with Gasteiger partial charge >= 0.3 is 5.97 Å². The van der Waals surface area contributed by atoms with Crippen LogP contribution in [0.2, 0.25) is 0 Å². The molecule has 0 radical (unpaired) electrons. The lowest BCUT2D eigenvalue weighted by molar-refractivity contribution is 0.0702. The highest BCUT2D eigenvalue weighted by molar-refractivity contribution is 7.99. The summed E-state index contributed by atoms with van der Waals surface area (Å²) in [5.74, 6) is 0.0589. The molecule has 1 rings (SSSR count). The van der Waals surface area contributed by atoms with Crippen molar-refractivity contribution in [1.29, 1.82) is 0 Å². The average Bonchev–Trinajstić information content (AvgIpc) is 2.47. The second-order valence-corrected chi connectivity index (χ2v) is 6.94. The van der Waals surface area contributed by atoms with E-state index >= 15 is 0 Å². The third-order valence-electron chi connectivity index (χ3n) is 1.52. The van der Waals surface area contributed by atoms with E-state index in [0.29, 0.717) is 4.88 Å². The predicted molar refractivity (Wildman–Crippen MR) is 62.3 cm³/mol. The Hall–Kier alpha value is -0.480. The molecule has 0 unspecified atom stereocenters. The van der Waals surface area contributed by atoms with Crippen LogP contribution >= 0.6 is 23.1 Å². The van der Waals surface area contributed by atoms with Crippen LogP contribution in [0, 0.1) is 0 Å². The molecule has 1 aromatic heterocycles. The Morgan fingerprint density at radius 2 is 2.14 bits per heavy atom. The molecule has 0 aromatic carbocycles. The topological polar surface area (TPSA) is 37.3 Å². The van der Waals surface area contributed by atoms with Crippen molar-refractivity contribution < 1.29 is 9.90 Å². The average molecular weight is 230 g/mol. The molecule has 2 nitrogen and oxygen atoms in total. The van der Waals surface area contributed by atoms with E-state index in [4.69, 9.17) is 5.11 Å². The fraction of sp³-hybridized carbons (Fsp3) is 0.500. The van der Waals surface area contributed by atoms with Crippen molar-refractivity contribution in [2.24, 2.45) is 0 Å². The Labute approximate surface area is 92.3 Å². The molecule has 14 heavy (non-hydrogen) atoms. The van der Waals surface area contributed by atoms with Gasteiger partial charge in [-0.25, -0.2) is 4.79 Å². The Morgan fingerprint density at radius 1 is 1.50 bits per heavy atom. The van der Waals surface area contributed by atoms with Crippen LogP contribution in [0.5, 0.6) is 0 Å². The van der Waals surface area contributed by atoms with E-state index in [-0.39, 0.29) is 4.75 Å². The third-order valence-corrected chi connectivity index (χ3v) is 4.10. The Kier molecular flexibility index (Phi) is 3.61. The summed E-state index contributed by atoms with van der Waals surface area (Å²) in [4.78, 5) is 12.2. The number of rotatable bonds is 3. The van der Waals surface area contributed by atoms with Crippen LogP contribution in [0.15, 0.2) is 12.1 Å². The van der Waals surface area contributed by atoms with Crippen molar-refractivity contribution in [3.05, 3.63) is 21.9 Å². The van der Waals surface area contributed by atoms with E-state index in [1.807, 2.05) is 17.8 Å². The summed E-state index contributed by atoms with van der Waals surface area (Å²) in [6.07, 6.45) is 0. The maximum Gasteiger partial charge on any atom is 0.345 e. The Balaban J connectivity index is 2.56. The van der Waals surface area contributed by atoms with E-state index < -0.39 is 5.97 Å². The molecule has 1 aromatic rings. The first-order valence-corrected chi connectivity index (χ1v) is 6.15. The van der Waals surface area contributed by atoms with Crippen LogP contribution in [0.1, 0.15) is 35.3 Å². The molecule has 0 saturated carbocycles. The third kappa shape index (κ3) is 3.72. The number of carboxylic acids is 1. The second-order valence-electron chi connectivity index (χ2n) is 3.97. The zero-order chi connectivity index (χ0) is 10.8. The van der Waals surface area contributed by atoms with Gasteiger partial charge < -0.3 is 5.11 Å². The minimum atomic E-state index is -0.831. The van der Waals surface area contributed by atoms with E-state index in [0.717, 1.165) is 10.6 Å². The first-order chi connectivity index (χ1) is 6.38. The first-order valence-electron chi connectivity index (χ1n) is 4.34. The smallest absolute Gasteiger partial charge is 0.345 e. The molecule has 78 valence electrons. The summed E-state index contributed by atoms with van der Waals surface area (Å²) in [6.45, 7) is 6.47. The molecule has 0 spiro atoms. The van der Waals surface area contributed by atoms with Crippen LogP contribution < -0.4 is 0 Å². The summed E-state index contributed by atoms with van der Waals surface area (Å²) in [5.41, 5.74) is 0. The molecule has 0 bridgehead atoms. The van der Waals surface area contributed by atoms with Gasteiger partial charge in [-0.15, -0.1) is 11.3 Å². The van der Waals surface area contributed by atoms with Crippen LogP contribution in [0.3, 0.4) is 0 Å². The predicted octanol–water partition coefficient (Wildman–Crippen LogP) is 3.48. The van der Waals surface area contributed by atoms with Crippen molar-refractivity contribution in [3.8, 4) is 0 Å². The molecule has 0 amide bonds. The molecule has 1 heterocycles. The molecule has 0 atom stereocenters. The van der Waals surface area contributed by atoms with Gasteiger partial charge in [0.05, 0.1) is 0 Å². The van der Waals surface area contributed by atoms with E-state index in [1.165, 1.54) is 11.3 Å². The molecule has 0 fully saturated rings. The second kappa shape index (κ2) is 4.36. The van der Waals surface area contributed by atoms with Gasteiger partial charge in [-0.2, -0.15) is 11.8 Å². The maximum atomic E-state index is 10.6. The Morgan fingerprint density at radius 3 is 2.57 bits per heavy atom. The fourth-order valence-corrected chi connectivity index (χ4v) is 2.58. The minimum Gasteiger partial charge on any atom is -0.477 e. The number of carboxylic acid groups (broad SMARTS) is 1. The first kappa shape index (κ1) is 11.6. The lowest BCUT2D eigenvalue weighted by Gasteiger charge is -2.16. The number of thioether (sulfide) groups is 1. The molecule has 0 aliphatic carbocycles. The molecular formula is C10H14O2S2. The number of aromatic carboxylic acids is 1. The number of thiophene rings is 1. The quantitative estimate of drug-likeness (QED) is 0.863. The van der Waals surface area contributed by atoms with Crippen molar-refractivity contribution in [2.45, 2.75) is 31.3 Å². The van der Waals surface area contributed by atoms with E-state index in [1.54, 1.807) is 6.07 Å². The minimum absolute atomic E-state index is 0.230. The molecule has 0 aliphatic heterocycles. The summed E-state index contributed by atoms with van der Waals surface area (Å²) < 4.78 is 0.230. The highest BCUT2D eigenvalue weighted by Gasteiger charge is 2.12. The molecule has 0 saturated heterocycles. The van der Waals surface area contributed by atoms with Crippen LogP contribution in [0.25, 0.3) is 0 Å². The van der Waals surface area contributed by atoms with Gasteiger partial charge in [0.2, 0.25) is 0 Å². The van der Waals surface area contributed by atoms with Crippen molar-refractivity contribution in [3.63, 3.8) is 0 Å².